The van der Waals surface area contributed by atoms with Crippen LogP contribution in [0.4, 0.5) is 0 Å². The normalized spacial score (nSPS) is 19.5. The molecule has 2 heterocycles. The lowest BCUT2D eigenvalue weighted by Gasteiger charge is -2.24. The summed E-state index contributed by atoms with van der Waals surface area (Å²) in [5, 5.41) is 9.42. The van der Waals surface area contributed by atoms with Crippen LogP contribution in [0, 0.1) is 17.2 Å². The Kier molecular flexibility index (Phi) is 8.31. The quantitative estimate of drug-likeness (QED) is 0.713. The van der Waals surface area contributed by atoms with Gasteiger partial charge in [0.05, 0.1) is 23.8 Å². The molecule has 32 heavy (non-hydrogen) atoms. The van der Waals surface area contributed by atoms with Crippen LogP contribution in [-0.4, -0.2) is 54.6 Å². The number of benzene rings is 1. The van der Waals surface area contributed by atoms with E-state index >= 15 is 0 Å². The number of nitrogens with two attached hydrogens (primary N) is 1. The average Bonchev–Trinajstić information content (AvgIpc) is 2.80. The van der Waals surface area contributed by atoms with Crippen molar-refractivity contribution in [2.24, 2.45) is 16.6 Å². The van der Waals surface area contributed by atoms with E-state index in [1.807, 2.05) is 19.2 Å². The molecule has 8 nitrogen and oxygen atoms in total. The van der Waals surface area contributed by atoms with Crippen molar-refractivity contribution >= 4 is 5.84 Å². The van der Waals surface area contributed by atoms with Crippen LogP contribution < -0.4 is 10.5 Å². The summed E-state index contributed by atoms with van der Waals surface area (Å²) in [6.07, 6.45) is 7.12. The summed E-state index contributed by atoms with van der Waals surface area (Å²) in [5.74, 6) is 3.12. The second-order valence-corrected chi connectivity index (χ2v) is 7.91. The number of ether oxygens (including phenoxy) is 2. The van der Waals surface area contributed by atoms with E-state index in [9.17, 15) is 5.26 Å². The van der Waals surface area contributed by atoms with E-state index in [4.69, 9.17) is 20.2 Å². The van der Waals surface area contributed by atoms with Crippen molar-refractivity contribution in [3.8, 4) is 23.2 Å². The minimum atomic E-state index is 0.375. The van der Waals surface area contributed by atoms with Gasteiger partial charge in [-0.3, -0.25) is 4.99 Å². The largest absolute Gasteiger partial charge is 0.461 e. The van der Waals surface area contributed by atoms with Crippen molar-refractivity contribution in [2.75, 3.05) is 33.9 Å². The number of aromatic nitrogens is 2. The van der Waals surface area contributed by atoms with Gasteiger partial charge in [-0.2, -0.15) is 5.26 Å². The van der Waals surface area contributed by atoms with Gasteiger partial charge < -0.3 is 20.1 Å². The Morgan fingerprint density at radius 1 is 1.28 bits per heavy atom. The van der Waals surface area contributed by atoms with Gasteiger partial charge in [0.25, 0.3) is 0 Å². The zero-order valence-corrected chi connectivity index (χ0v) is 18.9. The van der Waals surface area contributed by atoms with Gasteiger partial charge in [0.1, 0.15) is 17.3 Å². The van der Waals surface area contributed by atoms with Crippen molar-refractivity contribution in [2.45, 2.75) is 26.3 Å². The molecule has 0 saturated heterocycles. The summed E-state index contributed by atoms with van der Waals surface area (Å²) in [5.41, 5.74) is 7.74. The summed E-state index contributed by atoms with van der Waals surface area (Å²) >= 11 is 0. The summed E-state index contributed by atoms with van der Waals surface area (Å²) in [6.45, 7) is 4.67. The fourth-order valence-corrected chi connectivity index (χ4v) is 3.34. The van der Waals surface area contributed by atoms with Gasteiger partial charge in [-0.25, -0.2) is 9.97 Å². The number of likely N-dealkylation sites (N-methyl/N-ethyl adjacent to an activating group) is 1. The van der Waals surface area contributed by atoms with Crippen molar-refractivity contribution < 1.29 is 9.47 Å². The molecule has 0 bridgehead atoms. The van der Waals surface area contributed by atoms with Gasteiger partial charge in [0, 0.05) is 64.2 Å². The molecule has 8 heteroatoms. The van der Waals surface area contributed by atoms with Gasteiger partial charge in [-0.15, -0.1) is 0 Å². The van der Waals surface area contributed by atoms with Crippen LogP contribution in [0.25, 0.3) is 11.4 Å². The second kappa shape index (κ2) is 11.4. The number of hydrogen-bond acceptors (Lipinski definition) is 8. The molecule has 0 aliphatic carbocycles. The maximum Gasteiger partial charge on any atom is 0.162 e. The first-order chi connectivity index (χ1) is 15.5. The standard InChI is InChI=1S/C24H30N6O2/c1-17-6-7-27-23(30(2)8-9-31-3)12-20(10-17)32-22-11-18(13-25)4-5-21(22)24-28-15-19(14-26)16-29-24/h4-5,11-12,15-17H,6-10,14,26H2,1-3H3/b20-12+,27-23+. The van der Waals surface area contributed by atoms with Crippen LogP contribution in [0.15, 0.2) is 47.4 Å². The van der Waals surface area contributed by atoms with E-state index in [1.165, 1.54) is 0 Å². The monoisotopic (exact) mass is 434 g/mol. The Labute approximate surface area is 189 Å². The Balaban J connectivity index is 1.97. The predicted molar refractivity (Wildman–Crippen MR) is 124 cm³/mol. The first kappa shape index (κ1) is 23.4. The molecule has 1 aliphatic rings. The molecule has 168 valence electrons. The summed E-state index contributed by atoms with van der Waals surface area (Å²) in [6, 6.07) is 7.46. The minimum absolute atomic E-state index is 0.375. The molecule has 0 amide bonds. The van der Waals surface area contributed by atoms with Crippen molar-refractivity contribution in [1.82, 2.24) is 14.9 Å². The molecular formula is C24H30N6O2. The molecule has 0 saturated carbocycles. The molecule has 2 aromatic rings. The molecule has 1 aliphatic heterocycles. The van der Waals surface area contributed by atoms with E-state index in [-0.39, 0.29) is 0 Å². The first-order valence-corrected chi connectivity index (χ1v) is 10.7. The average molecular weight is 435 g/mol. The first-order valence-electron chi connectivity index (χ1n) is 10.7. The number of methoxy groups -OCH3 is 1. The number of allylic oxidation sites excluding steroid dienone is 1. The van der Waals surface area contributed by atoms with Gasteiger partial charge >= 0.3 is 0 Å². The molecule has 0 spiro atoms. The molecule has 0 fully saturated rings. The van der Waals surface area contributed by atoms with Crippen LogP contribution in [0.2, 0.25) is 0 Å². The number of hydrogen-bond donors (Lipinski definition) is 1. The zero-order valence-electron chi connectivity index (χ0n) is 18.9. The summed E-state index contributed by atoms with van der Waals surface area (Å²) in [4.78, 5) is 15.7. The lowest BCUT2D eigenvalue weighted by molar-refractivity contribution is 0.183. The van der Waals surface area contributed by atoms with Crippen molar-refractivity contribution in [3.63, 3.8) is 0 Å². The third-order valence-corrected chi connectivity index (χ3v) is 5.29. The zero-order chi connectivity index (χ0) is 22.9. The van der Waals surface area contributed by atoms with Crippen LogP contribution in [-0.2, 0) is 11.3 Å². The van der Waals surface area contributed by atoms with Gasteiger partial charge in [0.15, 0.2) is 5.82 Å². The number of aliphatic imine (C=N–C) groups is 1. The number of amidine groups is 1. The topological polar surface area (TPSA) is 110 Å². The fourth-order valence-electron chi connectivity index (χ4n) is 3.34. The van der Waals surface area contributed by atoms with E-state index < -0.39 is 0 Å². The number of rotatable bonds is 7. The maximum absolute atomic E-state index is 9.42. The van der Waals surface area contributed by atoms with Gasteiger partial charge in [0.2, 0.25) is 0 Å². The third-order valence-electron chi connectivity index (χ3n) is 5.29. The summed E-state index contributed by atoms with van der Waals surface area (Å²) in [7, 11) is 3.68. The van der Waals surface area contributed by atoms with E-state index in [0.29, 0.717) is 36.2 Å². The highest BCUT2D eigenvalue weighted by Crippen LogP contribution is 2.32. The van der Waals surface area contributed by atoms with Crippen LogP contribution >= 0.6 is 0 Å². The van der Waals surface area contributed by atoms with Crippen LogP contribution in [0.3, 0.4) is 0 Å². The van der Waals surface area contributed by atoms with Crippen LogP contribution in [0.5, 0.6) is 5.75 Å². The molecule has 1 unspecified atom stereocenters. The molecule has 2 N–H and O–H groups in total. The Morgan fingerprint density at radius 3 is 2.75 bits per heavy atom. The minimum Gasteiger partial charge on any atom is -0.461 e. The molecule has 0 radical (unpaired) electrons. The van der Waals surface area contributed by atoms with Gasteiger partial charge in [-0.1, -0.05) is 6.92 Å². The Morgan fingerprint density at radius 2 is 2.06 bits per heavy atom. The van der Waals surface area contributed by atoms with Crippen LogP contribution in [0.1, 0.15) is 30.9 Å². The molecule has 3 rings (SSSR count). The highest BCUT2D eigenvalue weighted by Gasteiger charge is 2.18. The fraction of sp³-hybridized carbons (Fsp3) is 0.417. The Bertz CT molecular complexity index is 1010. The highest BCUT2D eigenvalue weighted by atomic mass is 16.5. The number of nitrogens with zero attached hydrogens (tertiary/aromatic N) is 5. The molecule has 1 aromatic heterocycles. The lowest BCUT2D eigenvalue weighted by Crippen LogP contribution is -2.30. The predicted octanol–water partition coefficient (Wildman–Crippen LogP) is 3.14. The molecule has 1 atom stereocenters. The van der Waals surface area contributed by atoms with E-state index in [0.717, 1.165) is 48.7 Å². The van der Waals surface area contributed by atoms with Crippen molar-refractivity contribution in [1.29, 1.82) is 5.26 Å². The maximum atomic E-state index is 9.42. The molecular weight excluding hydrogens is 404 g/mol. The summed E-state index contributed by atoms with van der Waals surface area (Å²) < 4.78 is 11.6. The smallest absolute Gasteiger partial charge is 0.162 e. The second-order valence-electron chi connectivity index (χ2n) is 7.91. The lowest BCUT2D eigenvalue weighted by atomic mass is 10.0. The highest BCUT2D eigenvalue weighted by molar-refractivity contribution is 5.93. The number of nitriles is 1. The van der Waals surface area contributed by atoms with E-state index in [1.54, 1.807) is 31.6 Å². The molecule has 1 aromatic carbocycles. The third kappa shape index (κ3) is 6.13. The van der Waals surface area contributed by atoms with E-state index in [2.05, 4.69) is 27.9 Å². The van der Waals surface area contributed by atoms with Gasteiger partial charge in [-0.05, 0) is 30.5 Å². The Hall–Kier alpha value is -3.28. The van der Waals surface area contributed by atoms with Crippen molar-refractivity contribution in [3.05, 3.63) is 53.6 Å². The SMILES string of the molecule is COCCN(C)C1=N/CCC(C)C/C(Oc2cc(C#N)ccc2-c2ncc(CN)cn2)=C\1.